The van der Waals surface area contributed by atoms with Crippen molar-refractivity contribution in [3.8, 4) is 0 Å². The third-order valence-corrected chi connectivity index (χ3v) is 1.64. The van der Waals surface area contributed by atoms with Crippen LogP contribution in [0.25, 0.3) is 0 Å². The molecule has 8 heavy (non-hydrogen) atoms. The van der Waals surface area contributed by atoms with Crippen molar-refractivity contribution in [2.75, 3.05) is 0 Å². The normalized spacial score (nSPS) is 7.38. The maximum Gasteiger partial charge on any atom is 0.0147 e. The van der Waals surface area contributed by atoms with Crippen LogP contribution in [0.5, 0.6) is 0 Å². The second kappa shape index (κ2) is 5.19. The van der Waals surface area contributed by atoms with Crippen molar-refractivity contribution >= 4 is 24.0 Å². The monoisotopic (exact) mass is 146 g/mol. The Morgan fingerprint density at radius 3 is 2.25 bits per heavy atom. The Morgan fingerprint density at radius 1 is 1.50 bits per heavy atom. The molecule has 0 amide bonds. The predicted molar refractivity (Wildman–Crippen MR) is 42.9 cm³/mol. The van der Waals surface area contributed by atoms with Gasteiger partial charge in [0.25, 0.3) is 0 Å². The van der Waals surface area contributed by atoms with E-state index in [-0.39, 0.29) is 0 Å². The Balaban J connectivity index is 0.000000222. The standard InChI is InChI=1S/C4H4S2.C2H6/c5-4-1-2-6-3-4;1-2/h1-3,5H;1-2H3. The molecule has 0 saturated carbocycles. The topological polar surface area (TPSA) is 0 Å². The molecular weight excluding hydrogens is 136 g/mol. The average molecular weight is 146 g/mol. The van der Waals surface area contributed by atoms with E-state index in [1.807, 2.05) is 30.7 Å². The highest BCUT2D eigenvalue weighted by molar-refractivity contribution is 7.80. The number of thiophene rings is 1. The summed E-state index contributed by atoms with van der Waals surface area (Å²) in [6.45, 7) is 4.00. The van der Waals surface area contributed by atoms with Crippen molar-refractivity contribution in [1.29, 1.82) is 0 Å². The van der Waals surface area contributed by atoms with Gasteiger partial charge < -0.3 is 0 Å². The molecule has 1 aromatic rings. The molecule has 1 heterocycles. The molecule has 1 rings (SSSR count). The fraction of sp³-hybridized carbons (Fsp3) is 0.333. The van der Waals surface area contributed by atoms with Crippen molar-refractivity contribution in [1.82, 2.24) is 0 Å². The minimum atomic E-state index is 1.06. The summed E-state index contributed by atoms with van der Waals surface area (Å²) in [5, 5.41) is 3.99. The van der Waals surface area contributed by atoms with Crippen LogP contribution in [0.2, 0.25) is 0 Å². The molecule has 0 atom stereocenters. The van der Waals surface area contributed by atoms with Gasteiger partial charge in [0, 0.05) is 10.3 Å². The fourth-order valence-electron chi connectivity index (χ4n) is 0.257. The van der Waals surface area contributed by atoms with Crippen LogP contribution in [-0.4, -0.2) is 0 Å². The van der Waals surface area contributed by atoms with Crippen LogP contribution in [-0.2, 0) is 0 Å². The molecule has 0 aliphatic heterocycles. The van der Waals surface area contributed by atoms with Crippen molar-refractivity contribution in [3.63, 3.8) is 0 Å². The zero-order chi connectivity index (χ0) is 6.41. The zero-order valence-corrected chi connectivity index (χ0v) is 6.80. The molecule has 0 aromatic carbocycles. The van der Waals surface area contributed by atoms with Crippen molar-refractivity contribution in [3.05, 3.63) is 16.8 Å². The molecule has 0 radical (unpaired) electrons. The van der Waals surface area contributed by atoms with E-state index in [1.165, 1.54) is 0 Å². The number of hydrogen-bond donors (Lipinski definition) is 1. The van der Waals surface area contributed by atoms with Crippen molar-refractivity contribution in [2.24, 2.45) is 0 Å². The van der Waals surface area contributed by atoms with Gasteiger partial charge in [-0.25, -0.2) is 0 Å². The highest BCUT2D eigenvalue weighted by atomic mass is 32.1. The van der Waals surface area contributed by atoms with E-state index in [4.69, 9.17) is 0 Å². The summed E-state index contributed by atoms with van der Waals surface area (Å²) in [5.41, 5.74) is 0. The fourth-order valence-corrected chi connectivity index (χ4v) is 1.14. The van der Waals surface area contributed by atoms with Crippen molar-refractivity contribution < 1.29 is 0 Å². The van der Waals surface area contributed by atoms with Gasteiger partial charge in [-0.2, -0.15) is 11.3 Å². The second-order valence-corrected chi connectivity index (χ2v) is 2.28. The SMILES string of the molecule is CC.Sc1ccsc1. The molecule has 0 bridgehead atoms. The highest BCUT2D eigenvalue weighted by Gasteiger charge is 1.75. The first-order chi connectivity index (χ1) is 3.89. The molecule has 0 aliphatic carbocycles. The van der Waals surface area contributed by atoms with Gasteiger partial charge in [0.2, 0.25) is 0 Å². The maximum atomic E-state index is 4.05. The number of hydrogen-bond acceptors (Lipinski definition) is 2. The largest absolute Gasteiger partial charge is 0.151 e. The Labute approximate surface area is 60.0 Å². The first-order valence-electron chi connectivity index (χ1n) is 2.61. The molecule has 0 N–H and O–H groups in total. The first-order valence-corrected chi connectivity index (χ1v) is 4.00. The van der Waals surface area contributed by atoms with E-state index in [0.717, 1.165) is 4.90 Å². The van der Waals surface area contributed by atoms with Crippen LogP contribution in [0, 0.1) is 0 Å². The van der Waals surface area contributed by atoms with Gasteiger partial charge in [0.15, 0.2) is 0 Å². The van der Waals surface area contributed by atoms with E-state index in [9.17, 15) is 0 Å². The molecule has 0 saturated heterocycles. The summed E-state index contributed by atoms with van der Waals surface area (Å²) in [7, 11) is 0. The van der Waals surface area contributed by atoms with Gasteiger partial charge in [0.1, 0.15) is 0 Å². The summed E-state index contributed by atoms with van der Waals surface area (Å²) >= 11 is 5.71. The number of rotatable bonds is 0. The molecule has 0 spiro atoms. The quantitative estimate of drug-likeness (QED) is 0.534. The molecule has 0 unspecified atom stereocenters. The minimum absolute atomic E-state index is 1.06. The predicted octanol–water partition coefficient (Wildman–Crippen LogP) is 3.06. The van der Waals surface area contributed by atoms with Gasteiger partial charge in [-0.15, -0.1) is 12.6 Å². The van der Waals surface area contributed by atoms with E-state index >= 15 is 0 Å². The minimum Gasteiger partial charge on any atom is -0.151 e. The lowest BCUT2D eigenvalue weighted by atomic mass is 10.7. The summed E-state index contributed by atoms with van der Waals surface area (Å²) in [6, 6.07) is 1.97. The smallest absolute Gasteiger partial charge is 0.0147 e. The van der Waals surface area contributed by atoms with E-state index in [0.29, 0.717) is 0 Å². The summed E-state index contributed by atoms with van der Waals surface area (Å²) < 4.78 is 0. The highest BCUT2D eigenvalue weighted by Crippen LogP contribution is 2.08. The van der Waals surface area contributed by atoms with Crippen LogP contribution in [0.3, 0.4) is 0 Å². The molecular formula is C6H10S2. The molecule has 46 valence electrons. The van der Waals surface area contributed by atoms with E-state index < -0.39 is 0 Å². The lowest BCUT2D eigenvalue weighted by Crippen LogP contribution is -1.37. The van der Waals surface area contributed by atoms with Crippen LogP contribution >= 0.6 is 24.0 Å². The Morgan fingerprint density at radius 2 is 2.12 bits per heavy atom. The first kappa shape index (κ1) is 8.05. The lowest BCUT2D eigenvalue weighted by molar-refractivity contribution is 1.50. The summed E-state index contributed by atoms with van der Waals surface area (Å²) in [4.78, 5) is 1.06. The van der Waals surface area contributed by atoms with Gasteiger partial charge in [-0.05, 0) is 11.4 Å². The van der Waals surface area contributed by atoms with Crippen LogP contribution in [0.1, 0.15) is 13.8 Å². The molecule has 0 aliphatic rings. The summed E-state index contributed by atoms with van der Waals surface area (Å²) in [5.74, 6) is 0. The molecule has 1 aromatic heterocycles. The third kappa shape index (κ3) is 3.10. The molecule has 2 heteroatoms. The van der Waals surface area contributed by atoms with Gasteiger partial charge in [-0.1, -0.05) is 13.8 Å². The third-order valence-electron chi connectivity index (χ3n) is 0.506. The molecule has 0 fully saturated rings. The number of thiol groups is 1. The Kier molecular flexibility index (Phi) is 5.22. The zero-order valence-electron chi connectivity index (χ0n) is 5.09. The van der Waals surface area contributed by atoms with E-state index in [2.05, 4.69) is 12.6 Å². The maximum absolute atomic E-state index is 4.05. The van der Waals surface area contributed by atoms with Crippen LogP contribution < -0.4 is 0 Å². The summed E-state index contributed by atoms with van der Waals surface area (Å²) in [6.07, 6.45) is 0. The average Bonchev–Trinajstić information content (AvgIpc) is 2.24. The second-order valence-electron chi connectivity index (χ2n) is 0.982. The van der Waals surface area contributed by atoms with Crippen LogP contribution in [0.4, 0.5) is 0 Å². The van der Waals surface area contributed by atoms with Gasteiger partial charge in [-0.3, -0.25) is 0 Å². The van der Waals surface area contributed by atoms with Crippen molar-refractivity contribution in [2.45, 2.75) is 18.7 Å². The van der Waals surface area contributed by atoms with Crippen LogP contribution in [0.15, 0.2) is 21.7 Å². The van der Waals surface area contributed by atoms with E-state index in [1.54, 1.807) is 11.3 Å². The lowest BCUT2D eigenvalue weighted by Gasteiger charge is -1.64. The Bertz CT molecular complexity index is 110. The molecule has 0 nitrogen and oxygen atoms in total. The van der Waals surface area contributed by atoms with Gasteiger partial charge >= 0.3 is 0 Å². The Hall–Kier alpha value is 0.0500. The van der Waals surface area contributed by atoms with Gasteiger partial charge in [0.05, 0.1) is 0 Å².